The molecule has 1 unspecified atom stereocenters. The summed E-state index contributed by atoms with van der Waals surface area (Å²) in [6, 6.07) is 3.15. The van der Waals surface area contributed by atoms with E-state index in [0.717, 1.165) is 36.3 Å². The van der Waals surface area contributed by atoms with E-state index in [-0.39, 0.29) is 34.8 Å². The number of anilines is 1. The van der Waals surface area contributed by atoms with Crippen LogP contribution in [0, 0.1) is 5.82 Å². The largest absolute Gasteiger partial charge is 0.351 e. The van der Waals surface area contributed by atoms with Gasteiger partial charge in [-0.3, -0.25) is 4.79 Å². The third-order valence-corrected chi connectivity index (χ3v) is 6.67. The zero-order chi connectivity index (χ0) is 19.4. The van der Waals surface area contributed by atoms with Gasteiger partial charge in [-0.1, -0.05) is 11.6 Å². The van der Waals surface area contributed by atoms with Crippen molar-refractivity contribution in [3.8, 4) is 0 Å². The van der Waals surface area contributed by atoms with E-state index in [1.807, 2.05) is 5.38 Å². The van der Waals surface area contributed by atoms with Crippen LogP contribution in [0.2, 0.25) is 5.02 Å². The predicted octanol–water partition coefficient (Wildman–Crippen LogP) is 2.00. The zero-order valence-corrected chi connectivity index (χ0v) is 16.6. The molecule has 1 amide bonds. The average Bonchev–Trinajstić information content (AvgIpc) is 3.28. The van der Waals surface area contributed by atoms with E-state index in [2.05, 4.69) is 19.9 Å². The molecule has 146 valence electrons. The second-order valence-corrected chi connectivity index (χ2v) is 9.08. The first-order valence-corrected chi connectivity index (χ1v) is 11.0. The topological polar surface area (TPSA) is 91.4 Å². The lowest BCUT2D eigenvalue weighted by Gasteiger charge is -2.16. The lowest BCUT2D eigenvalue weighted by Crippen LogP contribution is -2.38. The Kier molecular flexibility index (Phi) is 6.30. The summed E-state index contributed by atoms with van der Waals surface area (Å²) in [4.78, 5) is 18.3. The fourth-order valence-corrected chi connectivity index (χ4v) is 4.73. The maximum Gasteiger partial charge on any atom is 0.240 e. The zero-order valence-electron chi connectivity index (χ0n) is 14.2. The Balaban J connectivity index is 1.45. The third-order valence-electron chi connectivity index (χ3n) is 4.09. The van der Waals surface area contributed by atoms with Crippen molar-refractivity contribution < 1.29 is 17.6 Å². The molecule has 0 aliphatic carbocycles. The Hall–Kier alpha value is -1.75. The number of aromatic nitrogens is 1. The van der Waals surface area contributed by atoms with Crippen molar-refractivity contribution >= 4 is 44.0 Å². The van der Waals surface area contributed by atoms with Crippen LogP contribution >= 0.6 is 22.9 Å². The van der Waals surface area contributed by atoms with Gasteiger partial charge >= 0.3 is 0 Å². The minimum absolute atomic E-state index is 0.00189. The van der Waals surface area contributed by atoms with Gasteiger partial charge in [0.05, 0.1) is 9.92 Å². The molecule has 11 heteroatoms. The highest BCUT2D eigenvalue weighted by Crippen LogP contribution is 2.22. The van der Waals surface area contributed by atoms with Crippen molar-refractivity contribution in [2.24, 2.45) is 0 Å². The fraction of sp³-hybridized carbons (Fsp3) is 0.375. The third kappa shape index (κ3) is 5.16. The lowest BCUT2D eigenvalue weighted by atomic mass is 10.2. The van der Waals surface area contributed by atoms with Gasteiger partial charge in [0.15, 0.2) is 5.13 Å². The number of rotatable bonds is 7. The van der Waals surface area contributed by atoms with Crippen molar-refractivity contribution in [2.45, 2.75) is 23.8 Å². The number of carbonyl (C=O) groups excluding carboxylic acids is 1. The fourth-order valence-electron chi connectivity index (χ4n) is 2.75. The summed E-state index contributed by atoms with van der Waals surface area (Å²) in [6.07, 6.45) is 2.55. The van der Waals surface area contributed by atoms with Crippen molar-refractivity contribution in [3.63, 3.8) is 0 Å². The van der Waals surface area contributed by atoms with Crippen LogP contribution in [0.1, 0.15) is 12.8 Å². The molecule has 0 bridgehead atoms. The van der Waals surface area contributed by atoms with E-state index in [4.69, 9.17) is 11.6 Å². The van der Waals surface area contributed by atoms with Gasteiger partial charge in [0.25, 0.3) is 0 Å². The quantitative estimate of drug-likeness (QED) is 0.698. The second-order valence-electron chi connectivity index (χ2n) is 6.04. The number of benzene rings is 1. The van der Waals surface area contributed by atoms with E-state index >= 15 is 0 Å². The number of nitrogens with one attached hydrogen (secondary N) is 2. The molecule has 3 rings (SSSR count). The minimum atomic E-state index is -3.86. The number of thiazole rings is 1. The van der Waals surface area contributed by atoms with Gasteiger partial charge in [-0.15, -0.1) is 11.3 Å². The molecule has 27 heavy (non-hydrogen) atoms. The van der Waals surface area contributed by atoms with Crippen LogP contribution in [-0.4, -0.2) is 45.0 Å². The number of halogens is 2. The Morgan fingerprint density at radius 2 is 2.26 bits per heavy atom. The van der Waals surface area contributed by atoms with Gasteiger partial charge in [-0.25, -0.2) is 22.5 Å². The first-order chi connectivity index (χ1) is 12.8. The van der Waals surface area contributed by atoms with Crippen LogP contribution in [0.25, 0.3) is 0 Å². The highest BCUT2D eigenvalue weighted by Gasteiger charge is 2.25. The molecular formula is C16H18ClFN4O3S2. The van der Waals surface area contributed by atoms with E-state index in [1.165, 1.54) is 0 Å². The summed E-state index contributed by atoms with van der Waals surface area (Å²) in [6.45, 7) is 1.43. The summed E-state index contributed by atoms with van der Waals surface area (Å²) < 4.78 is 39.8. The van der Waals surface area contributed by atoms with Crippen LogP contribution in [0.3, 0.4) is 0 Å². The first kappa shape index (κ1) is 20.0. The first-order valence-electron chi connectivity index (χ1n) is 8.24. The highest BCUT2D eigenvalue weighted by molar-refractivity contribution is 7.89. The molecule has 1 aliphatic heterocycles. The van der Waals surface area contributed by atoms with Gasteiger partial charge in [0.2, 0.25) is 15.9 Å². The minimum Gasteiger partial charge on any atom is -0.351 e. The van der Waals surface area contributed by atoms with Gasteiger partial charge in [-0.05, 0) is 24.6 Å². The molecule has 0 radical (unpaired) electrons. The number of carbonyl (C=O) groups is 1. The van der Waals surface area contributed by atoms with Gasteiger partial charge in [-0.2, -0.15) is 0 Å². The normalized spacial score (nSPS) is 17.3. The van der Waals surface area contributed by atoms with E-state index < -0.39 is 15.8 Å². The van der Waals surface area contributed by atoms with Crippen molar-refractivity contribution in [1.29, 1.82) is 0 Å². The summed E-state index contributed by atoms with van der Waals surface area (Å²) in [5.74, 6) is -0.931. The molecule has 0 saturated carbocycles. The van der Waals surface area contributed by atoms with Crippen LogP contribution in [0.5, 0.6) is 0 Å². The summed E-state index contributed by atoms with van der Waals surface area (Å²) in [7, 11) is -3.86. The monoisotopic (exact) mass is 432 g/mol. The average molecular weight is 433 g/mol. The Labute approximate surface area is 165 Å². The number of amides is 1. The SMILES string of the molecule is O=C(CCNS(=O)(=O)c1ccc(F)c(Cl)c1)NC1CCN(c2nccs2)C1. The van der Waals surface area contributed by atoms with Gasteiger partial charge < -0.3 is 10.2 Å². The Bertz CT molecular complexity index is 908. The Morgan fingerprint density at radius 1 is 1.44 bits per heavy atom. The number of hydrogen-bond donors (Lipinski definition) is 2. The molecular weight excluding hydrogens is 415 g/mol. The van der Waals surface area contributed by atoms with Crippen molar-refractivity contribution in [3.05, 3.63) is 40.6 Å². The molecule has 1 saturated heterocycles. The molecule has 7 nitrogen and oxygen atoms in total. The molecule has 2 N–H and O–H groups in total. The summed E-state index contributed by atoms with van der Waals surface area (Å²) in [5, 5.41) is 5.46. The number of hydrogen-bond acceptors (Lipinski definition) is 6. The molecule has 0 spiro atoms. The van der Waals surface area contributed by atoms with E-state index in [1.54, 1.807) is 17.5 Å². The molecule has 2 aromatic rings. The standard InChI is InChI=1S/C16H18ClFN4O3S2/c17-13-9-12(1-2-14(13)18)27(24,25)20-5-3-15(23)21-11-4-7-22(10-11)16-19-6-8-26-16/h1-2,6,8-9,11,20H,3-5,7,10H2,(H,21,23). The lowest BCUT2D eigenvalue weighted by molar-refractivity contribution is -0.121. The van der Waals surface area contributed by atoms with Crippen molar-refractivity contribution in [2.75, 3.05) is 24.5 Å². The number of sulfonamides is 1. The van der Waals surface area contributed by atoms with Crippen LogP contribution in [-0.2, 0) is 14.8 Å². The van der Waals surface area contributed by atoms with E-state index in [0.29, 0.717) is 6.54 Å². The smallest absolute Gasteiger partial charge is 0.240 e. The van der Waals surface area contributed by atoms with Gasteiger partial charge in [0, 0.05) is 43.7 Å². The second kappa shape index (κ2) is 8.51. The maximum atomic E-state index is 13.1. The maximum absolute atomic E-state index is 13.1. The predicted molar refractivity (Wildman–Crippen MR) is 102 cm³/mol. The van der Waals surface area contributed by atoms with Crippen LogP contribution in [0.15, 0.2) is 34.7 Å². The molecule has 1 aliphatic rings. The molecule has 1 fully saturated rings. The molecule has 1 aromatic carbocycles. The summed E-state index contributed by atoms with van der Waals surface area (Å²) in [5.41, 5.74) is 0. The Morgan fingerprint density at radius 3 is 2.96 bits per heavy atom. The highest BCUT2D eigenvalue weighted by atomic mass is 35.5. The van der Waals surface area contributed by atoms with Crippen LogP contribution < -0.4 is 14.9 Å². The van der Waals surface area contributed by atoms with Gasteiger partial charge in [0.1, 0.15) is 5.82 Å². The van der Waals surface area contributed by atoms with E-state index in [9.17, 15) is 17.6 Å². The van der Waals surface area contributed by atoms with Crippen molar-refractivity contribution in [1.82, 2.24) is 15.0 Å². The molecule has 1 atom stereocenters. The number of nitrogens with zero attached hydrogens (tertiary/aromatic N) is 2. The molecule has 2 heterocycles. The summed E-state index contributed by atoms with van der Waals surface area (Å²) >= 11 is 7.16. The molecule has 1 aromatic heterocycles. The van der Waals surface area contributed by atoms with Crippen LogP contribution in [0.4, 0.5) is 9.52 Å².